The summed E-state index contributed by atoms with van der Waals surface area (Å²) in [6.07, 6.45) is 0. The molecule has 0 aromatic heterocycles. The normalized spacial score (nSPS) is 9.30. The van der Waals surface area contributed by atoms with Crippen molar-refractivity contribution in [2.45, 2.75) is 6.92 Å². The van der Waals surface area contributed by atoms with Crippen molar-refractivity contribution in [3.63, 3.8) is 0 Å². The molecule has 0 aliphatic heterocycles. The van der Waals surface area contributed by atoms with Crippen LogP contribution in [-0.2, 0) is 0 Å². The minimum atomic E-state index is 0.378. The third kappa shape index (κ3) is 1.35. The summed E-state index contributed by atoms with van der Waals surface area (Å²) in [5.74, 6) is 0.378. The van der Waals surface area contributed by atoms with E-state index < -0.39 is 0 Å². The van der Waals surface area contributed by atoms with Crippen LogP contribution in [0.25, 0.3) is 0 Å². The van der Waals surface area contributed by atoms with Gasteiger partial charge in [-0.3, -0.25) is 11.1 Å². The lowest BCUT2D eigenvalue weighted by molar-refractivity contribution is -0.114. The highest BCUT2D eigenvalue weighted by molar-refractivity contribution is 5.92. The quantitative estimate of drug-likeness (QED) is 0.394. The molecule has 0 saturated carbocycles. The molecule has 0 aliphatic carbocycles. The van der Waals surface area contributed by atoms with Crippen LogP contribution in [0.1, 0.15) is 11.1 Å². The summed E-state index contributed by atoms with van der Waals surface area (Å²) in [5, 5.41) is 5.38. The topological polar surface area (TPSA) is 51.6 Å². The summed E-state index contributed by atoms with van der Waals surface area (Å²) < 4.78 is 0. The molecule has 0 saturated heterocycles. The minimum absolute atomic E-state index is 0.378. The Labute approximate surface area is 60.2 Å². The number of hydrogen-bond acceptors (Lipinski definition) is 0. The molecule has 1 aromatic rings. The highest BCUT2D eigenvalue weighted by atomic mass is 14.7. The molecule has 2 heteroatoms. The predicted octanol–water partition coefficient (Wildman–Crippen LogP) is -0.541. The standard InChI is InChI=1S/C8H10N2/c1-6-3-2-4-7(5-6)8(9)10/h2-5H,1H3,(H3,9,10)/p+1. The maximum Gasteiger partial charge on any atom is 0.270 e. The first kappa shape index (κ1) is 6.81. The zero-order chi connectivity index (χ0) is 7.56. The Kier molecular flexibility index (Phi) is 1.71. The first-order chi connectivity index (χ1) is 4.70. The Morgan fingerprint density at radius 2 is 2.20 bits per heavy atom. The fraction of sp³-hybridized carbons (Fsp3) is 0.125. The van der Waals surface area contributed by atoms with Gasteiger partial charge >= 0.3 is 0 Å². The van der Waals surface area contributed by atoms with Crippen LogP contribution in [0.4, 0.5) is 0 Å². The van der Waals surface area contributed by atoms with E-state index in [1.807, 2.05) is 31.2 Å². The second kappa shape index (κ2) is 2.52. The maximum atomic E-state index is 5.38. The van der Waals surface area contributed by atoms with Gasteiger partial charge in [-0.15, -0.1) is 0 Å². The van der Waals surface area contributed by atoms with Crippen molar-refractivity contribution in [1.29, 1.82) is 0 Å². The third-order valence-corrected chi connectivity index (χ3v) is 1.35. The molecule has 0 aliphatic rings. The Morgan fingerprint density at radius 3 is 2.60 bits per heavy atom. The Bertz CT molecular complexity index is 253. The summed E-state index contributed by atoms with van der Waals surface area (Å²) in [7, 11) is 0. The smallest absolute Gasteiger partial charge is 0.270 e. The second-order valence-corrected chi connectivity index (χ2v) is 2.32. The highest BCUT2D eigenvalue weighted by Gasteiger charge is 1.98. The molecule has 52 valence electrons. The van der Waals surface area contributed by atoms with E-state index in [4.69, 9.17) is 11.1 Å². The van der Waals surface area contributed by atoms with E-state index in [0.717, 1.165) is 5.56 Å². The largest absolute Gasteiger partial charge is 0.287 e. The fourth-order valence-corrected chi connectivity index (χ4v) is 0.825. The molecule has 0 atom stereocenters. The van der Waals surface area contributed by atoms with Gasteiger partial charge in [0, 0.05) is 0 Å². The molecule has 1 rings (SSSR count). The predicted molar refractivity (Wildman–Crippen MR) is 41.4 cm³/mol. The van der Waals surface area contributed by atoms with Gasteiger partial charge in [0.15, 0.2) is 0 Å². The van der Waals surface area contributed by atoms with Gasteiger partial charge in [0.2, 0.25) is 0 Å². The molecule has 1 aromatic carbocycles. The van der Waals surface area contributed by atoms with Crippen molar-refractivity contribution in [2.24, 2.45) is 5.73 Å². The van der Waals surface area contributed by atoms with Gasteiger partial charge in [0.1, 0.15) is 0 Å². The van der Waals surface area contributed by atoms with Crippen LogP contribution in [0.3, 0.4) is 0 Å². The highest BCUT2D eigenvalue weighted by Crippen LogP contribution is 2.00. The molecule has 0 radical (unpaired) electrons. The van der Waals surface area contributed by atoms with Gasteiger partial charge in [-0.2, -0.15) is 0 Å². The first-order valence-electron chi connectivity index (χ1n) is 3.15. The number of rotatable bonds is 1. The minimum Gasteiger partial charge on any atom is -0.287 e. The maximum absolute atomic E-state index is 5.38. The lowest BCUT2D eigenvalue weighted by Crippen LogP contribution is -2.46. The number of hydrogen-bond donors (Lipinski definition) is 2. The fourth-order valence-electron chi connectivity index (χ4n) is 0.825. The van der Waals surface area contributed by atoms with Crippen LogP contribution in [-0.4, -0.2) is 5.84 Å². The number of nitrogens with two attached hydrogens (primary N) is 2. The monoisotopic (exact) mass is 135 g/mol. The van der Waals surface area contributed by atoms with Gasteiger partial charge in [-0.25, -0.2) is 0 Å². The van der Waals surface area contributed by atoms with Crippen molar-refractivity contribution in [3.05, 3.63) is 35.4 Å². The zero-order valence-corrected chi connectivity index (χ0v) is 5.96. The molecule has 4 N–H and O–H groups in total. The zero-order valence-electron chi connectivity index (χ0n) is 5.96. The third-order valence-electron chi connectivity index (χ3n) is 1.35. The van der Waals surface area contributed by atoms with Crippen LogP contribution < -0.4 is 11.1 Å². The van der Waals surface area contributed by atoms with Crippen molar-refractivity contribution >= 4 is 5.84 Å². The van der Waals surface area contributed by atoms with E-state index in [0.29, 0.717) is 5.84 Å². The second-order valence-electron chi connectivity index (χ2n) is 2.32. The van der Waals surface area contributed by atoms with E-state index in [2.05, 4.69) is 0 Å². The average Bonchev–Trinajstić information content (AvgIpc) is 1.88. The van der Waals surface area contributed by atoms with Gasteiger partial charge in [0.25, 0.3) is 5.84 Å². The average molecular weight is 135 g/mol. The molecule has 0 spiro atoms. The molecule has 0 unspecified atom stereocenters. The lowest BCUT2D eigenvalue weighted by atomic mass is 10.1. The lowest BCUT2D eigenvalue weighted by Gasteiger charge is -1.93. The van der Waals surface area contributed by atoms with Crippen LogP contribution >= 0.6 is 0 Å². The molecular formula is C8H11N2+. The van der Waals surface area contributed by atoms with E-state index in [9.17, 15) is 0 Å². The summed E-state index contributed by atoms with van der Waals surface area (Å²) in [5.41, 5.74) is 7.45. The van der Waals surface area contributed by atoms with Crippen LogP contribution in [0, 0.1) is 6.92 Å². The first-order valence-corrected chi connectivity index (χ1v) is 3.15. The Balaban J connectivity index is 3.07. The molecule has 0 heterocycles. The van der Waals surface area contributed by atoms with Crippen LogP contribution in [0.5, 0.6) is 0 Å². The molecule has 0 amide bonds. The van der Waals surface area contributed by atoms with Gasteiger partial charge in [-0.1, -0.05) is 17.7 Å². The summed E-state index contributed by atoms with van der Waals surface area (Å²) >= 11 is 0. The Hall–Kier alpha value is -1.31. The van der Waals surface area contributed by atoms with E-state index in [1.54, 1.807) is 0 Å². The number of aryl methyl sites for hydroxylation is 1. The Morgan fingerprint density at radius 1 is 1.50 bits per heavy atom. The summed E-state index contributed by atoms with van der Waals surface area (Å²) in [4.78, 5) is 0. The van der Waals surface area contributed by atoms with Crippen LogP contribution in [0.15, 0.2) is 24.3 Å². The summed E-state index contributed by atoms with van der Waals surface area (Å²) in [6, 6.07) is 7.79. The molecule has 0 bridgehead atoms. The van der Waals surface area contributed by atoms with Crippen molar-refractivity contribution in [2.75, 3.05) is 0 Å². The number of benzene rings is 1. The summed E-state index contributed by atoms with van der Waals surface area (Å²) in [6.45, 7) is 2.01. The van der Waals surface area contributed by atoms with Gasteiger partial charge in [-0.05, 0) is 19.1 Å². The van der Waals surface area contributed by atoms with E-state index in [1.165, 1.54) is 5.56 Å². The van der Waals surface area contributed by atoms with Gasteiger partial charge in [0.05, 0.1) is 5.56 Å². The van der Waals surface area contributed by atoms with E-state index in [-0.39, 0.29) is 0 Å². The van der Waals surface area contributed by atoms with Crippen molar-refractivity contribution in [3.8, 4) is 0 Å². The number of amidine groups is 1. The molecule has 0 fully saturated rings. The van der Waals surface area contributed by atoms with Gasteiger partial charge < -0.3 is 0 Å². The van der Waals surface area contributed by atoms with Crippen molar-refractivity contribution in [1.82, 2.24) is 0 Å². The van der Waals surface area contributed by atoms with Crippen molar-refractivity contribution < 1.29 is 5.41 Å². The van der Waals surface area contributed by atoms with E-state index >= 15 is 0 Å². The SMILES string of the molecule is Cc1cccc(C(N)=[NH2+])c1. The van der Waals surface area contributed by atoms with Crippen LogP contribution in [0.2, 0.25) is 0 Å². The molecule has 10 heavy (non-hydrogen) atoms. The molecule has 2 nitrogen and oxygen atoms in total. The molecular weight excluding hydrogens is 124 g/mol.